The second-order valence-corrected chi connectivity index (χ2v) is 4.12. The Morgan fingerprint density at radius 1 is 1.35 bits per heavy atom. The number of pyridine rings is 1. The molecular formula is C13H11F5N2O3. The van der Waals surface area contributed by atoms with E-state index in [1.165, 1.54) is 13.8 Å². The maximum atomic E-state index is 13.1. The molecule has 0 bridgehead atoms. The topological polar surface area (TPSA) is 68.6 Å². The van der Waals surface area contributed by atoms with Gasteiger partial charge in [-0.3, -0.25) is 0 Å². The van der Waals surface area contributed by atoms with Crippen LogP contribution in [-0.2, 0) is 22.1 Å². The Labute approximate surface area is 127 Å². The lowest BCUT2D eigenvalue weighted by Crippen LogP contribution is -2.21. The van der Waals surface area contributed by atoms with Gasteiger partial charge in [-0.15, -0.1) is 0 Å². The number of alkyl halides is 5. The Morgan fingerprint density at radius 3 is 2.35 bits per heavy atom. The Hall–Kier alpha value is -2.35. The average Bonchev–Trinajstić information content (AvgIpc) is 2.45. The molecule has 0 spiro atoms. The van der Waals surface area contributed by atoms with E-state index in [-0.39, 0.29) is 13.0 Å². The van der Waals surface area contributed by atoms with Crippen molar-refractivity contribution in [3.63, 3.8) is 0 Å². The summed E-state index contributed by atoms with van der Waals surface area (Å²) in [5, 5.41) is 0. The van der Waals surface area contributed by atoms with E-state index in [9.17, 15) is 31.5 Å². The van der Waals surface area contributed by atoms with Gasteiger partial charge in [-0.1, -0.05) is 6.92 Å². The van der Waals surface area contributed by atoms with E-state index in [0.717, 1.165) is 6.08 Å². The highest BCUT2D eigenvalue weighted by molar-refractivity contribution is 5.94. The molecule has 5 nitrogen and oxygen atoms in total. The van der Waals surface area contributed by atoms with Crippen LogP contribution in [-0.4, -0.2) is 23.6 Å². The molecule has 0 N–H and O–H groups in total. The van der Waals surface area contributed by atoms with E-state index in [0.29, 0.717) is 0 Å². The average molecular weight is 338 g/mol. The molecule has 0 fully saturated rings. The van der Waals surface area contributed by atoms with E-state index >= 15 is 0 Å². The summed E-state index contributed by atoms with van der Waals surface area (Å²) in [4.78, 5) is 28.1. The van der Waals surface area contributed by atoms with Crippen molar-refractivity contribution in [2.24, 2.45) is 4.99 Å². The van der Waals surface area contributed by atoms with Gasteiger partial charge < -0.3 is 4.74 Å². The van der Waals surface area contributed by atoms with Crippen molar-refractivity contribution in [1.82, 2.24) is 4.98 Å². The summed E-state index contributed by atoms with van der Waals surface area (Å²) >= 11 is 0. The van der Waals surface area contributed by atoms with Gasteiger partial charge in [0.25, 0.3) is 6.43 Å². The number of aromatic nitrogens is 1. The number of hydrogen-bond acceptors (Lipinski definition) is 5. The van der Waals surface area contributed by atoms with Gasteiger partial charge in [-0.25, -0.2) is 23.4 Å². The molecule has 1 aromatic heterocycles. The second-order valence-electron chi connectivity index (χ2n) is 4.12. The van der Waals surface area contributed by atoms with E-state index in [4.69, 9.17) is 0 Å². The predicted molar refractivity (Wildman–Crippen MR) is 67.3 cm³/mol. The quantitative estimate of drug-likeness (QED) is 0.355. The highest BCUT2D eigenvalue weighted by Crippen LogP contribution is 2.40. The molecular weight excluding hydrogens is 327 g/mol. The molecule has 0 aromatic carbocycles. The minimum Gasteiger partial charge on any atom is -0.462 e. The first-order valence-corrected chi connectivity index (χ1v) is 6.36. The van der Waals surface area contributed by atoms with Crippen LogP contribution < -0.4 is 0 Å². The van der Waals surface area contributed by atoms with Gasteiger partial charge in [-0.05, 0) is 18.9 Å². The van der Waals surface area contributed by atoms with Crippen molar-refractivity contribution in [1.29, 1.82) is 0 Å². The lowest BCUT2D eigenvalue weighted by atomic mass is 9.99. The van der Waals surface area contributed by atoms with Gasteiger partial charge in [0, 0.05) is 0 Å². The number of ether oxygens (including phenoxy) is 1. The molecule has 0 aliphatic rings. The lowest BCUT2D eigenvalue weighted by Gasteiger charge is -2.18. The third kappa shape index (κ3) is 3.89. The van der Waals surface area contributed by atoms with Crippen LogP contribution in [0.2, 0.25) is 0 Å². The number of rotatable bonds is 5. The molecule has 0 saturated heterocycles. The Balaban J connectivity index is 3.92. The number of esters is 1. The maximum Gasteiger partial charge on any atom is 0.434 e. The highest BCUT2D eigenvalue weighted by Gasteiger charge is 2.41. The van der Waals surface area contributed by atoms with Gasteiger partial charge in [0.15, 0.2) is 5.69 Å². The SMILES string of the molecule is CCOC(=O)c1c(C(F)(F)F)nc(C(F)F)c(N=C=O)c1CC. The smallest absolute Gasteiger partial charge is 0.434 e. The zero-order valence-electron chi connectivity index (χ0n) is 12.0. The molecule has 1 rings (SSSR count). The summed E-state index contributed by atoms with van der Waals surface area (Å²) in [5.41, 5.74) is -5.46. The fourth-order valence-electron chi connectivity index (χ4n) is 1.94. The predicted octanol–water partition coefficient (Wildman–Crippen LogP) is 3.74. The maximum absolute atomic E-state index is 13.1. The standard InChI is InChI=1S/C13H11F5N2O3/c1-3-6-7(12(22)23-4-2)10(13(16,17)18)20-9(11(14)15)8(6)19-5-21/h11H,3-4H2,1-2H3. The van der Waals surface area contributed by atoms with Crippen LogP contribution in [0.3, 0.4) is 0 Å². The van der Waals surface area contributed by atoms with Crippen LogP contribution >= 0.6 is 0 Å². The number of carbonyl (C=O) groups excluding carboxylic acids is 2. The van der Waals surface area contributed by atoms with Crippen molar-refractivity contribution in [2.45, 2.75) is 32.9 Å². The normalized spacial score (nSPS) is 11.3. The Bertz CT molecular complexity index is 652. The number of hydrogen-bond donors (Lipinski definition) is 0. The van der Waals surface area contributed by atoms with Gasteiger partial charge in [-0.2, -0.15) is 18.2 Å². The van der Waals surface area contributed by atoms with Gasteiger partial charge in [0.1, 0.15) is 11.4 Å². The molecule has 23 heavy (non-hydrogen) atoms. The largest absolute Gasteiger partial charge is 0.462 e. The zero-order chi connectivity index (χ0) is 17.8. The Morgan fingerprint density at radius 2 is 1.96 bits per heavy atom. The first-order valence-electron chi connectivity index (χ1n) is 6.36. The first-order chi connectivity index (χ1) is 10.7. The van der Waals surface area contributed by atoms with Crippen LogP contribution in [0.4, 0.5) is 27.6 Å². The summed E-state index contributed by atoms with van der Waals surface area (Å²) in [6, 6.07) is 0. The van der Waals surface area contributed by atoms with Crippen molar-refractivity contribution in [3.05, 3.63) is 22.5 Å². The molecule has 1 aromatic rings. The third-order valence-corrected chi connectivity index (χ3v) is 2.77. The van der Waals surface area contributed by atoms with E-state index < -0.39 is 46.8 Å². The summed E-state index contributed by atoms with van der Waals surface area (Å²) in [6.07, 6.45) is -7.89. The summed E-state index contributed by atoms with van der Waals surface area (Å²) in [5.74, 6) is -1.38. The number of isocyanates is 1. The molecule has 0 aliphatic heterocycles. The highest BCUT2D eigenvalue weighted by atomic mass is 19.4. The first kappa shape index (κ1) is 18.7. The molecule has 0 saturated carbocycles. The summed E-state index contributed by atoms with van der Waals surface area (Å²) in [6.45, 7) is 2.45. The molecule has 1 heterocycles. The van der Waals surface area contributed by atoms with Crippen LogP contribution in [0.25, 0.3) is 0 Å². The molecule has 0 unspecified atom stereocenters. The van der Waals surface area contributed by atoms with E-state index in [1.54, 1.807) is 0 Å². The second kappa shape index (κ2) is 7.28. The van der Waals surface area contributed by atoms with Gasteiger partial charge in [0.2, 0.25) is 6.08 Å². The van der Waals surface area contributed by atoms with Crippen molar-refractivity contribution < 1.29 is 36.3 Å². The molecule has 0 aliphatic carbocycles. The van der Waals surface area contributed by atoms with Crippen LogP contribution in [0.15, 0.2) is 4.99 Å². The Kier molecular flexibility index (Phi) is 5.91. The minimum absolute atomic E-state index is 0.234. The van der Waals surface area contributed by atoms with E-state index in [1.807, 2.05) is 0 Å². The molecule has 10 heteroatoms. The van der Waals surface area contributed by atoms with Crippen molar-refractivity contribution in [3.8, 4) is 0 Å². The van der Waals surface area contributed by atoms with Gasteiger partial charge >= 0.3 is 12.1 Å². The fraction of sp³-hybridized carbons (Fsp3) is 0.462. The van der Waals surface area contributed by atoms with Crippen molar-refractivity contribution in [2.75, 3.05) is 6.61 Å². The summed E-state index contributed by atoms with van der Waals surface area (Å²) < 4.78 is 69.8. The van der Waals surface area contributed by atoms with Crippen LogP contribution in [0.1, 0.15) is 47.6 Å². The molecule has 126 valence electrons. The third-order valence-electron chi connectivity index (χ3n) is 2.77. The monoisotopic (exact) mass is 338 g/mol. The molecule has 0 radical (unpaired) electrons. The number of aliphatic imine (C=N–C) groups is 1. The van der Waals surface area contributed by atoms with Crippen molar-refractivity contribution >= 4 is 17.7 Å². The lowest BCUT2D eigenvalue weighted by molar-refractivity contribution is -0.142. The van der Waals surface area contributed by atoms with Crippen LogP contribution in [0, 0.1) is 0 Å². The minimum atomic E-state index is -5.17. The number of carbonyl (C=O) groups is 1. The summed E-state index contributed by atoms with van der Waals surface area (Å²) in [7, 11) is 0. The fourth-order valence-corrected chi connectivity index (χ4v) is 1.94. The van der Waals surface area contributed by atoms with E-state index in [2.05, 4.69) is 14.7 Å². The molecule has 0 amide bonds. The zero-order valence-corrected chi connectivity index (χ0v) is 12.0. The van der Waals surface area contributed by atoms with Gasteiger partial charge in [0.05, 0.1) is 12.2 Å². The van der Waals surface area contributed by atoms with Crippen LogP contribution in [0.5, 0.6) is 0 Å². The number of halogens is 5. The number of nitrogens with zero attached hydrogens (tertiary/aromatic N) is 2. The molecule has 0 atom stereocenters.